The third-order valence-corrected chi connectivity index (χ3v) is 5.09. The zero-order chi connectivity index (χ0) is 21.7. The minimum absolute atomic E-state index is 0.0484. The Balaban J connectivity index is 1.74. The highest BCUT2D eigenvalue weighted by Gasteiger charge is 2.34. The first kappa shape index (κ1) is 21.8. The molecule has 0 aromatic carbocycles. The Hall–Kier alpha value is -2.88. The molecule has 0 atom stereocenters. The number of urea groups is 1. The van der Waals surface area contributed by atoms with E-state index in [1.165, 1.54) is 6.07 Å². The highest BCUT2D eigenvalue weighted by Crippen LogP contribution is 2.31. The molecule has 10 heteroatoms. The molecule has 162 valence electrons. The van der Waals surface area contributed by atoms with Gasteiger partial charge < -0.3 is 15.1 Å². The topological polar surface area (TPSA) is 73.4 Å². The van der Waals surface area contributed by atoms with Crippen LogP contribution in [0, 0.1) is 0 Å². The first-order valence-electron chi connectivity index (χ1n) is 9.68. The SMILES string of the molecule is CN(C)C1CCN(c2nc(C(F)(F)F)ccc2CNC(=O)Nc2ccccn2)CC1. The molecule has 2 amide bonds. The van der Waals surface area contributed by atoms with Gasteiger partial charge in [0.15, 0.2) is 0 Å². The summed E-state index contributed by atoms with van der Waals surface area (Å²) in [4.78, 5) is 24.0. The van der Waals surface area contributed by atoms with E-state index in [2.05, 4.69) is 25.5 Å². The van der Waals surface area contributed by atoms with Crippen molar-refractivity contribution < 1.29 is 18.0 Å². The van der Waals surface area contributed by atoms with Crippen LogP contribution in [0.5, 0.6) is 0 Å². The zero-order valence-corrected chi connectivity index (χ0v) is 16.9. The number of halogens is 3. The fraction of sp³-hybridized carbons (Fsp3) is 0.450. The molecule has 2 N–H and O–H groups in total. The lowest BCUT2D eigenvalue weighted by Crippen LogP contribution is -2.43. The molecule has 1 aliphatic rings. The van der Waals surface area contributed by atoms with Crippen molar-refractivity contribution in [3.8, 4) is 0 Å². The highest BCUT2D eigenvalue weighted by molar-refractivity contribution is 5.88. The van der Waals surface area contributed by atoms with Gasteiger partial charge in [-0.25, -0.2) is 14.8 Å². The smallest absolute Gasteiger partial charge is 0.356 e. The summed E-state index contributed by atoms with van der Waals surface area (Å²) in [5.74, 6) is 0.645. The fourth-order valence-corrected chi connectivity index (χ4v) is 3.41. The summed E-state index contributed by atoms with van der Waals surface area (Å²) in [6.45, 7) is 1.25. The second-order valence-corrected chi connectivity index (χ2v) is 7.38. The van der Waals surface area contributed by atoms with Crippen LogP contribution in [0.1, 0.15) is 24.1 Å². The number of hydrogen-bond donors (Lipinski definition) is 2. The normalized spacial score (nSPS) is 15.3. The van der Waals surface area contributed by atoms with Crippen LogP contribution in [0.15, 0.2) is 36.5 Å². The van der Waals surface area contributed by atoms with Crippen LogP contribution in [0.3, 0.4) is 0 Å². The fourth-order valence-electron chi connectivity index (χ4n) is 3.41. The van der Waals surface area contributed by atoms with E-state index in [0.717, 1.165) is 18.9 Å². The average molecular weight is 422 g/mol. The molecule has 2 aromatic rings. The number of anilines is 2. The third kappa shape index (κ3) is 5.59. The van der Waals surface area contributed by atoms with Crippen LogP contribution in [0.4, 0.5) is 29.6 Å². The van der Waals surface area contributed by atoms with E-state index in [1.54, 1.807) is 24.4 Å². The van der Waals surface area contributed by atoms with Gasteiger partial charge >= 0.3 is 12.2 Å². The predicted molar refractivity (Wildman–Crippen MR) is 108 cm³/mol. The van der Waals surface area contributed by atoms with Crippen molar-refractivity contribution in [1.29, 1.82) is 0 Å². The molecule has 7 nitrogen and oxygen atoms in total. The maximum Gasteiger partial charge on any atom is 0.433 e. The van der Waals surface area contributed by atoms with Crippen molar-refractivity contribution in [1.82, 2.24) is 20.2 Å². The lowest BCUT2D eigenvalue weighted by atomic mass is 10.0. The largest absolute Gasteiger partial charge is 0.433 e. The number of amides is 2. The van der Waals surface area contributed by atoms with Crippen molar-refractivity contribution >= 4 is 17.7 Å². The molecule has 1 aliphatic heterocycles. The van der Waals surface area contributed by atoms with Crippen molar-refractivity contribution in [2.75, 3.05) is 37.4 Å². The summed E-state index contributed by atoms with van der Waals surface area (Å²) in [5, 5.41) is 5.25. The van der Waals surface area contributed by atoms with E-state index < -0.39 is 17.9 Å². The Kier molecular flexibility index (Phi) is 6.76. The van der Waals surface area contributed by atoms with E-state index in [9.17, 15) is 18.0 Å². The molecule has 0 aliphatic carbocycles. The number of piperidine rings is 1. The number of alkyl halides is 3. The van der Waals surface area contributed by atoms with Crippen LogP contribution in [0.2, 0.25) is 0 Å². The number of nitrogens with zero attached hydrogens (tertiary/aromatic N) is 4. The number of aromatic nitrogens is 2. The van der Waals surface area contributed by atoms with Crippen molar-refractivity contribution in [2.24, 2.45) is 0 Å². The van der Waals surface area contributed by atoms with Crippen LogP contribution in [0.25, 0.3) is 0 Å². The Bertz CT molecular complexity index is 851. The predicted octanol–water partition coefficient (Wildman–Crippen LogP) is 3.35. The second kappa shape index (κ2) is 9.29. The molecule has 3 heterocycles. The van der Waals surface area contributed by atoms with Crippen molar-refractivity contribution in [3.63, 3.8) is 0 Å². The van der Waals surface area contributed by atoms with E-state index in [0.29, 0.717) is 30.5 Å². The van der Waals surface area contributed by atoms with Crippen LogP contribution in [-0.2, 0) is 12.7 Å². The summed E-state index contributed by atoms with van der Waals surface area (Å²) in [6, 6.07) is 7.32. The molecule has 0 radical (unpaired) electrons. The molecule has 1 saturated heterocycles. The molecular formula is C20H25F3N6O. The Morgan fingerprint density at radius 1 is 1.20 bits per heavy atom. The quantitative estimate of drug-likeness (QED) is 0.773. The Morgan fingerprint density at radius 3 is 2.53 bits per heavy atom. The van der Waals surface area contributed by atoms with Gasteiger partial charge in [0.2, 0.25) is 0 Å². The summed E-state index contributed by atoms with van der Waals surface area (Å²) >= 11 is 0. The molecular weight excluding hydrogens is 397 g/mol. The minimum atomic E-state index is -4.53. The van der Waals surface area contributed by atoms with E-state index >= 15 is 0 Å². The van der Waals surface area contributed by atoms with Gasteiger partial charge in [0, 0.05) is 37.4 Å². The summed E-state index contributed by atoms with van der Waals surface area (Å²) in [7, 11) is 4.00. The van der Waals surface area contributed by atoms with E-state index in [4.69, 9.17) is 0 Å². The van der Waals surface area contributed by atoms with E-state index in [1.807, 2.05) is 19.0 Å². The van der Waals surface area contributed by atoms with Gasteiger partial charge in [0.25, 0.3) is 0 Å². The van der Waals surface area contributed by atoms with Gasteiger partial charge in [-0.3, -0.25) is 5.32 Å². The minimum Gasteiger partial charge on any atom is -0.356 e. The Labute approximate surface area is 173 Å². The van der Waals surface area contributed by atoms with Gasteiger partial charge in [-0.15, -0.1) is 0 Å². The van der Waals surface area contributed by atoms with Gasteiger partial charge in [0.05, 0.1) is 0 Å². The molecule has 0 unspecified atom stereocenters. The van der Waals surface area contributed by atoms with Gasteiger partial charge in [-0.1, -0.05) is 12.1 Å². The lowest BCUT2D eigenvalue weighted by molar-refractivity contribution is -0.141. The standard InChI is InChI=1S/C20H25F3N6O/c1-28(2)15-8-11-29(12-9-15)18-14(6-7-16(26-18)20(21,22)23)13-25-19(30)27-17-5-3-4-10-24-17/h3-7,10,15H,8-9,11-13H2,1-2H3,(H2,24,25,27,30). The molecule has 3 rings (SSSR count). The summed E-state index contributed by atoms with van der Waals surface area (Å²) in [6.07, 6.45) is -1.32. The molecule has 0 saturated carbocycles. The molecule has 30 heavy (non-hydrogen) atoms. The number of carbonyl (C=O) groups is 1. The molecule has 0 spiro atoms. The number of hydrogen-bond acceptors (Lipinski definition) is 5. The number of nitrogens with one attached hydrogen (secondary N) is 2. The van der Waals surface area contributed by atoms with Crippen molar-refractivity contribution in [3.05, 3.63) is 47.8 Å². The van der Waals surface area contributed by atoms with Gasteiger partial charge in [-0.05, 0) is 45.1 Å². The number of rotatable bonds is 5. The van der Waals surface area contributed by atoms with Crippen LogP contribution < -0.4 is 15.5 Å². The molecule has 2 aromatic heterocycles. The first-order valence-corrected chi connectivity index (χ1v) is 9.68. The zero-order valence-electron chi connectivity index (χ0n) is 16.9. The average Bonchev–Trinajstić information content (AvgIpc) is 2.72. The monoisotopic (exact) mass is 422 g/mol. The third-order valence-electron chi connectivity index (χ3n) is 5.09. The van der Waals surface area contributed by atoms with Gasteiger partial charge in [0.1, 0.15) is 17.3 Å². The number of pyridine rings is 2. The summed E-state index contributed by atoms with van der Waals surface area (Å²) in [5.41, 5.74) is -0.406. The molecule has 1 fully saturated rings. The molecule has 0 bridgehead atoms. The number of carbonyl (C=O) groups excluding carboxylic acids is 1. The van der Waals surface area contributed by atoms with E-state index in [-0.39, 0.29) is 12.4 Å². The van der Waals surface area contributed by atoms with Gasteiger partial charge in [-0.2, -0.15) is 13.2 Å². The van der Waals surface area contributed by atoms with Crippen molar-refractivity contribution in [2.45, 2.75) is 31.6 Å². The second-order valence-electron chi connectivity index (χ2n) is 7.38. The lowest BCUT2D eigenvalue weighted by Gasteiger charge is -2.36. The summed E-state index contributed by atoms with van der Waals surface area (Å²) < 4.78 is 39.7. The van der Waals surface area contributed by atoms with Crippen LogP contribution in [-0.4, -0.2) is 54.1 Å². The Morgan fingerprint density at radius 2 is 1.93 bits per heavy atom. The highest BCUT2D eigenvalue weighted by atomic mass is 19.4. The van der Waals surface area contributed by atoms with Crippen LogP contribution >= 0.6 is 0 Å². The first-order chi connectivity index (χ1) is 14.2. The maximum absolute atomic E-state index is 13.2. The maximum atomic E-state index is 13.2.